The Labute approximate surface area is 135 Å². The van der Waals surface area contributed by atoms with Gasteiger partial charge in [0.25, 0.3) is 5.91 Å². The number of benzene rings is 1. The highest BCUT2D eigenvalue weighted by Crippen LogP contribution is 2.17. The van der Waals surface area contributed by atoms with Gasteiger partial charge in [-0.2, -0.15) is 0 Å². The third-order valence-corrected chi connectivity index (χ3v) is 3.96. The SMILES string of the molecule is NC(=O)c1ccc(C(=O)OCC(=O)NC2CCCCCC2)cc1. The number of esters is 1. The molecule has 2 rings (SSSR count). The van der Waals surface area contributed by atoms with Crippen molar-refractivity contribution in [1.82, 2.24) is 5.32 Å². The van der Waals surface area contributed by atoms with Crippen LogP contribution in [-0.4, -0.2) is 30.4 Å². The van der Waals surface area contributed by atoms with Gasteiger partial charge in [0, 0.05) is 11.6 Å². The molecule has 1 aromatic rings. The highest BCUT2D eigenvalue weighted by molar-refractivity contribution is 5.95. The summed E-state index contributed by atoms with van der Waals surface area (Å²) in [5.74, 6) is -1.44. The first-order valence-electron chi connectivity index (χ1n) is 7.92. The zero-order valence-electron chi connectivity index (χ0n) is 13.0. The number of hydrogen-bond donors (Lipinski definition) is 2. The van der Waals surface area contributed by atoms with Crippen molar-refractivity contribution in [3.8, 4) is 0 Å². The Hall–Kier alpha value is -2.37. The van der Waals surface area contributed by atoms with Crippen LogP contribution in [0.25, 0.3) is 0 Å². The summed E-state index contributed by atoms with van der Waals surface area (Å²) in [6.07, 6.45) is 6.63. The second-order valence-corrected chi connectivity index (χ2v) is 5.77. The number of primary amides is 1. The number of amides is 2. The Morgan fingerprint density at radius 1 is 1.00 bits per heavy atom. The van der Waals surface area contributed by atoms with Gasteiger partial charge in [-0.3, -0.25) is 9.59 Å². The Kier molecular flexibility index (Phi) is 6.14. The maximum absolute atomic E-state index is 11.9. The minimum atomic E-state index is -0.600. The topological polar surface area (TPSA) is 98.5 Å². The second-order valence-electron chi connectivity index (χ2n) is 5.77. The largest absolute Gasteiger partial charge is 0.452 e. The van der Waals surface area contributed by atoms with Crippen LogP contribution in [0.2, 0.25) is 0 Å². The Morgan fingerprint density at radius 2 is 1.57 bits per heavy atom. The molecule has 6 nitrogen and oxygen atoms in total. The van der Waals surface area contributed by atoms with Crippen molar-refractivity contribution >= 4 is 17.8 Å². The van der Waals surface area contributed by atoms with Gasteiger partial charge in [-0.15, -0.1) is 0 Å². The van der Waals surface area contributed by atoms with Crippen LogP contribution in [0.5, 0.6) is 0 Å². The minimum Gasteiger partial charge on any atom is -0.452 e. The summed E-state index contributed by atoms with van der Waals surface area (Å²) in [6, 6.07) is 5.98. The predicted octanol–water partition coefficient (Wildman–Crippen LogP) is 1.78. The molecule has 3 N–H and O–H groups in total. The van der Waals surface area contributed by atoms with Gasteiger partial charge < -0.3 is 15.8 Å². The minimum absolute atomic E-state index is 0.179. The van der Waals surface area contributed by atoms with Gasteiger partial charge in [0.2, 0.25) is 5.91 Å². The van der Waals surface area contributed by atoms with Gasteiger partial charge in [-0.05, 0) is 37.1 Å². The number of ether oxygens (including phenoxy) is 1. The van der Waals surface area contributed by atoms with E-state index in [1.807, 2.05) is 0 Å². The van der Waals surface area contributed by atoms with Crippen molar-refractivity contribution in [1.29, 1.82) is 0 Å². The average Bonchev–Trinajstić information content (AvgIpc) is 2.81. The van der Waals surface area contributed by atoms with E-state index in [4.69, 9.17) is 10.5 Å². The van der Waals surface area contributed by atoms with Gasteiger partial charge in [0.1, 0.15) is 0 Å². The number of nitrogens with two attached hydrogens (primary N) is 1. The summed E-state index contributed by atoms with van der Waals surface area (Å²) in [4.78, 5) is 34.7. The Bertz CT molecular complexity index is 560. The smallest absolute Gasteiger partial charge is 0.338 e. The van der Waals surface area contributed by atoms with E-state index in [1.54, 1.807) is 0 Å². The summed E-state index contributed by atoms with van der Waals surface area (Å²) in [6.45, 7) is -0.299. The Balaban J connectivity index is 1.78. The lowest BCUT2D eigenvalue weighted by molar-refractivity contribution is -0.125. The van der Waals surface area contributed by atoms with E-state index in [9.17, 15) is 14.4 Å². The third-order valence-electron chi connectivity index (χ3n) is 3.96. The van der Waals surface area contributed by atoms with Crippen LogP contribution in [0, 0.1) is 0 Å². The van der Waals surface area contributed by atoms with Crippen molar-refractivity contribution in [3.05, 3.63) is 35.4 Å². The van der Waals surface area contributed by atoms with Crippen molar-refractivity contribution < 1.29 is 19.1 Å². The molecule has 0 aromatic heterocycles. The van der Waals surface area contributed by atoms with Crippen LogP contribution in [0.15, 0.2) is 24.3 Å². The van der Waals surface area contributed by atoms with E-state index in [-0.39, 0.29) is 24.1 Å². The van der Waals surface area contributed by atoms with Crippen LogP contribution in [0.4, 0.5) is 0 Å². The predicted molar refractivity (Wildman–Crippen MR) is 84.9 cm³/mol. The summed E-state index contributed by atoms with van der Waals surface area (Å²) in [7, 11) is 0. The van der Waals surface area contributed by atoms with Crippen LogP contribution in [-0.2, 0) is 9.53 Å². The zero-order valence-corrected chi connectivity index (χ0v) is 13.0. The fraction of sp³-hybridized carbons (Fsp3) is 0.471. The normalized spacial score (nSPS) is 15.5. The van der Waals surface area contributed by atoms with Gasteiger partial charge in [0.05, 0.1) is 5.56 Å². The van der Waals surface area contributed by atoms with Crippen molar-refractivity contribution in [2.75, 3.05) is 6.61 Å². The molecule has 0 unspecified atom stereocenters. The molecule has 0 saturated heterocycles. The summed E-state index contributed by atoms with van der Waals surface area (Å²) >= 11 is 0. The molecular weight excluding hydrogens is 296 g/mol. The van der Waals surface area contributed by atoms with Crippen molar-refractivity contribution in [3.63, 3.8) is 0 Å². The van der Waals surface area contributed by atoms with E-state index in [2.05, 4.69) is 5.32 Å². The molecular formula is C17H22N2O4. The van der Waals surface area contributed by atoms with Gasteiger partial charge in [-0.1, -0.05) is 25.7 Å². The lowest BCUT2D eigenvalue weighted by Gasteiger charge is -2.16. The fourth-order valence-corrected chi connectivity index (χ4v) is 2.68. The highest BCUT2D eigenvalue weighted by atomic mass is 16.5. The van der Waals surface area contributed by atoms with Crippen LogP contribution in [0.1, 0.15) is 59.2 Å². The zero-order chi connectivity index (χ0) is 16.7. The standard InChI is InChI=1S/C17H22N2O4/c18-16(21)12-7-9-13(10-8-12)17(22)23-11-15(20)19-14-5-3-1-2-4-6-14/h7-10,14H,1-6,11H2,(H2,18,21)(H,19,20). The number of carbonyl (C=O) groups is 3. The van der Waals surface area contributed by atoms with E-state index in [0.29, 0.717) is 5.56 Å². The van der Waals surface area contributed by atoms with Crippen LogP contribution < -0.4 is 11.1 Å². The first kappa shape index (κ1) is 17.0. The highest BCUT2D eigenvalue weighted by Gasteiger charge is 2.16. The molecule has 0 atom stereocenters. The number of nitrogens with one attached hydrogen (secondary N) is 1. The van der Waals surface area contributed by atoms with Crippen LogP contribution in [0.3, 0.4) is 0 Å². The quantitative estimate of drug-likeness (QED) is 0.638. The van der Waals surface area contributed by atoms with E-state index >= 15 is 0 Å². The maximum Gasteiger partial charge on any atom is 0.338 e. The molecule has 1 aromatic carbocycles. The lowest BCUT2D eigenvalue weighted by Crippen LogP contribution is -2.37. The molecule has 23 heavy (non-hydrogen) atoms. The molecule has 1 aliphatic rings. The molecule has 0 radical (unpaired) electrons. The van der Waals surface area contributed by atoms with E-state index in [0.717, 1.165) is 25.7 Å². The summed E-state index contributed by atoms with van der Waals surface area (Å²) in [5, 5.41) is 2.91. The second kappa shape index (κ2) is 8.31. The van der Waals surface area contributed by atoms with Gasteiger partial charge in [-0.25, -0.2) is 4.79 Å². The molecule has 6 heteroatoms. The molecule has 0 heterocycles. The number of carbonyl (C=O) groups excluding carboxylic acids is 3. The molecule has 0 aliphatic heterocycles. The third kappa shape index (κ3) is 5.39. The Morgan fingerprint density at radius 3 is 2.13 bits per heavy atom. The first-order valence-corrected chi connectivity index (χ1v) is 7.92. The molecule has 0 bridgehead atoms. The van der Waals surface area contributed by atoms with E-state index in [1.165, 1.54) is 37.1 Å². The summed E-state index contributed by atoms with van der Waals surface area (Å²) in [5.41, 5.74) is 5.72. The van der Waals surface area contributed by atoms with Crippen LogP contribution >= 0.6 is 0 Å². The van der Waals surface area contributed by atoms with Crippen molar-refractivity contribution in [2.24, 2.45) is 5.73 Å². The molecule has 1 aliphatic carbocycles. The monoisotopic (exact) mass is 318 g/mol. The number of rotatable bonds is 5. The first-order chi connectivity index (χ1) is 11.1. The van der Waals surface area contributed by atoms with E-state index < -0.39 is 11.9 Å². The molecule has 2 amide bonds. The number of hydrogen-bond acceptors (Lipinski definition) is 4. The fourth-order valence-electron chi connectivity index (χ4n) is 2.68. The van der Waals surface area contributed by atoms with Gasteiger partial charge in [0.15, 0.2) is 6.61 Å². The summed E-state index contributed by atoms with van der Waals surface area (Å²) < 4.78 is 5.00. The molecule has 1 fully saturated rings. The average molecular weight is 318 g/mol. The maximum atomic E-state index is 11.9. The van der Waals surface area contributed by atoms with Gasteiger partial charge >= 0.3 is 5.97 Å². The lowest BCUT2D eigenvalue weighted by atomic mass is 10.1. The molecule has 124 valence electrons. The molecule has 0 spiro atoms. The molecule has 1 saturated carbocycles. The van der Waals surface area contributed by atoms with Crippen molar-refractivity contribution in [2.45, 2.75) is 44.6 Å².